The number of aryl methyl sites for hydroxylation is 1. The van der Waals surface area contributed by atoms with E-state index in [1.807, 2.05) is 30.3 Å². The van der Waals surface area contributed by atoms with E-state index in [1.165, 1.54) is 12.8 Å². The smallest absolute Gasteiger partial charge is 0.251 e. The number of amides is 2. The molecule has 0 saturated heterocycles. The van der Waals surface area contributed by atoms with Crippen molar-refractivity contribution in [2.75, 3.05) is 5.32 Å². The third-order valence-corrected chi connectivity index (χ3v) is 5.53. The van der Waals surface area contributed by atoms with E-state index < -0.39 is 0 Å². The molecule has 2 N–H and O–H groups in total. The Kier molecular flexibility index (Phi) is 6.77. The van der Waals surface area contributed by atoms with Crippen molar-refractivity contribution in [3.05, 3.63) is 72.2 Å². The summed E-state index contributed by atoms with van der Waals surface area (Å²) in [6.07, 6.45) is 7.80. The van der Waals surface area contributed by atoms with Crippen molar-refractivity contribution in [1.29, 1.82) is 0 Å². The van der Waals surface area contributed by atoms with E-state index in [9.17, 15) is 9.59 Å². The molecule has 6 nitrogen and oxygen atoms in total. The first-order valence-electron chi connectivity index (χ1n) is 10.9. The van der Waals surface area contributed by atoms with Crippen LogP contribution in [-0.2, 0) is 11.2 Å². The molecular formula is C25H27N3O3. The second-order valence-electron chi connectivity index (χ2n) is 7.92. The standard InChI is InChI=1S/C25H27N3O3/c29-23(11-6-12-24-26-17-22(31-24)18-7-2-1-3-8-18)27-21-15-13-19(14-16-21)25(30)28-20-9-4-5-10-20/h1-3,7-8,13-17,20H,4-6,9-12H2,(H,27,29)(H,28,30). The number of aromatic nitrogens is 1. The predicted molar refractivity (Wildman–Crippen MR) is 120 cm³/mol. The van der Waals surface area contributed by atoms with Gasteiger partial charge in [-0.25, -0.2) is 4.98 Å². The maximum absolute atomic E-state index is 12.3. The number of anilines is 1. The Labute approximate surface area is 182 Å². The van der Waals surface area contributed by atoms with Gasteiger partial charge in [0.05, 0.1) is 6.20 Å². The van der Waals surface area contributed by atoms with Crippen LogP contribution in [0.15, 0.2) is 65.2 Å². The molecule has 3 aromatic rings. The fourth-order valence-corrected chi connectivity index (χ4v) is 3.83. The van der Waals surface area contributed by atoms with E-state index in [0.717, 1.165) is 24.2 Å². The number of carbonyl (C=O) groups excluding carboxylic acids is 2. The molecule has 2 amide bonds. The maximum Gasteiger partial charge on any atom is 0.251 e. The number of benzene rings is 2. The lowest BCUT2D eigenvalue weighted by Gasteiger charge is -2.12. The van der Waals surface area contributed by atoms with Gasteiger partial charge in [0.2, 0.25) is 5.91 Å². The van der Waals surface area contributed by atoms with Crippen LogP contribution in [0, 0.1) is 0 Å². The molecule has 1 saturated carbocycles. The molecule has 0 bridgehead atoms. The summed E-state index contributed by atoms with van der Waals surface area (Å²) in [7, 11) is 0. The van der Waals surface area contributed by atoms with Crippen molar-refractivity contribution in [1.82, 2.24) is 10.3 Å². The van der Waals surface area contributed by atoms with Gasteiger partial charge in [-0.2, -0.15) is 0 Å². The first-order chi connectivity index (χ1) is 15.2. The monoisotopic (exact) mass is 417 g/mol. The number of nitrogens with one attached hydrogen (secondary N) is 2. The highest BCUT2D eigenvalue weighted by molar-refractivity contribution is 5.96. The summed E-state index contributed by atoms with van der Waals surface area (Å²) >= 11 is 0. The van der Waals surface area contributed by atoms with Crippen LogP contribution in [0.3, 0.4) is 0 Å². The third-order valence-electron chi connectivity index (χ3n) is 5.53. The second-order valence-corrected chi connectivity index (χ2v) is 7.92. The Bertz CT molecular complexity index is 1010. The summed E-state index contributed by atoms with van der Waals surface area (Å²) in [6.45, 7) is 0. The molecule has 0 spiro atoms. The van der Waals surface area contributed by atoms with Crippen molar-refractivity contribution >= 4 is 17.5 Å². The molecule has 1 aliphatic carbocycles. The van der Waals surface area contributed by atoms with E-state index in [4.69, 9.17) is 4.42 Å². The lowest BCUT2D eigenvalue weighted by molar-refractivity contribution is -0.116. The third kappa shape index (κ3) is 5.81. The van der Waals surface area contributed by atoms with Gasteiger partial charge in [-0.15, -0.1) is 0 Å². The zero-order chi connectivity index (χ0) is 21.5. The number of hydrogen-bond donors (Lipinski definition) is 2. The average Bonchev–Trinajstić information content (AvgIpc) is 3.47. The van der Waals surface area contributed by atoms with Gasteiger partial charge in [0.1, 0.15) is 0 Å². The van der Waals surface area contributed by atoms with Gasteiger partial charge in [-0.05, 0) is 43.5 Å². The van der Waals surface area contributed by atoms with Gasteiger partial charge in [-0.1, -0.05) is 43.2 Å². The summed E-state index contributed by atoms with van der Waals surface area (Å²) in [4.78, 5) is 28.8. The molecule has 31 heavy (non-hydrogen) atoms. The van der Waals surface area contributed by atoms with Crippen LogP contribution in [0.1, 0.15) is 54.8 Å². The van der Waals surface area contributed by atoms with E-state index >= 15 is 0 Å². The number of hydrogen-bond acceptors (Lipinski definition) is 4. The van der Waals surface area contributed by atoms with E-state index in [-0.39, 0.29) is 11.8 Å². The Hall–Kier alpha value is -3.41. The summed E-state index contributed by atoms with van der Waals surface area (Å²) in [6, 6.07) is 17.1. The van der Waals surface area contributed by atoms with Crippen LogP contribution in [0.5, 0.6) is 0 Å². The van der Waals surface area contributed by atoms with Crippen LogP contribution in [0.2, 0.25) is 0 Å². The molecule has 1 heterocycles. The molecule has 1 aliphatic rings. The Morgan fingerprint density at radius 2 is 1.74 bits per heavy atom. The molecule has 0 unspecified atom stereocenters. The Morgan fingerprint density at radius 1 is 1.00 bits per heavy atom. The fraction of sp³-hybridized carbons (Fsp3) is 0.320. The molecule has 0 aliphatic heterocycles. The quantitative estimate of drug-likeness (QED) is 0.542. The molecule has 4 rings (SSSR count). The predicted octanol–water partition coefficient (Wildman–Crippen LogP) is 4.98. The Balaban J connectivity index is 1.21. The molecule has 1 fully saturated rings. The Morgan fingerprint density at radius 3 is 2.48 bits per heavy atom. The first kappa shape index (κ1) is 20.8. The van der Waals surface area contributed by atoms with Gasteiger partial charge in [0, 0.05) is 35.7 Å². The summed E-state index contributed by atoms with van der Waals surface area (Å²) in [5.41, 5.74) is 2.28. The summed E-state index contributed by atoms with van der Waals surface area (Å²) in [5, 5.41) is 5.95. The average molecular weight is 418 g/mol. The largest absolute Gasteiger partial charge is 0.441 e. The van der Waals surface area contributed by atoms with Crippen LogP contribution in [-0.4, -0.2) is 22.8 Å². The number of nitrogens with zero attached hydrogens (tertiary/aromatic N) is 1. The molecular weight excluding hydrogens is 390 g/mol. The molecule has 2 aromatic carbocycles. The molecule has 0 atom stereocenters. The molecule has 160 valence electrons. The SMILES string of the molecule is O=C(CCCc1ncc(-c2ccccc2)o1)Nc1ccc(C(=O)NC2CCCC2)cc1. The second kappa shape index (κ2) is 10.1. The van der Waals surface area contributed by atoms with E-state index in [0.29, 0.717) is 42.4 Å². The highest BCUT2D eigenvalue weighted by Gasteiger charge is 2.18. The van der Waals surface area contributed by atoms with Gasteiger partial charge in [-0.3, -0.25) is 9.59 Å². The normalized spacial score (nSPS) is 13.8. The van der Waals surface area contributed by atoms with Gasteiger partial charge < -0.3 is 15.1 Å². The zero-order valence-corrected chi connectivity index (χ0v) is 17.5. The van der Waals surface area contributed by atoms with Crippen molar-refractivity contribution in [3.8, 4) is 11.3 Å². The number of rotatable bonds is 8. The van der Waals surface area contributed by atoms with Gasteiger partial charge >= 0.3 is 0 Å². The van der Waals surface area contributed by atoms with E-state index in [2.05, 4.69) is 15.6 Å². The first-order valence-corrected chi connectivity index (χ1v) is 10.9. The number of carbonyl (C=O) groups is 2. The number of oxazole rings is 1. The van der Waals surface area contributed by atoms with Crippen molar-refractivity contribution in [2.45, 2.75) is 51.0 Å². The lowest BCUT2D eigenvalue weighted by Crippen LogP contribution is -2.32. The lowest BCUT2D eigenvalue weighted by atomic mass is 10.1. The van der Waals surface area contributed by atoms with Gasteiger partial charge in [0.25, 0.3) is 5.91 Å². The summed E-state index contributed by atoms with van der Waals surface area (Å²) < 4.78 is 5.77. The van der Waals surface area contributed by atoms with Crippen molar-refractivity contribution < 1.29 is 14.0 Å². The summed E-state index contributed by atoms with van der Waals surface area (Å²) in [5.74, 6) is 1.24. The van der Waals surface area contributed by atoms with Crippen molar-refractivity contribution in [3.63, 3.8) is 0 Å². The molecule has 1 aromatic heterocycles. The fourth-order valence-electron chi connectivity index (χ4n) is 3.83. The maximum atomic E-state index is 12.3. The minimum Gasteiger partial charge on any atom is -0.441 e. The molecule has 0 radical (unpaired) electrons. The van der Waals surface area contributed by atoms with Crippen LogP contribution >= 0.6 is 0 Å². The van der Waals surface area contributed by atoms with Crippen LogP contribution in [0.4, 0.5) is 5.69 Å². The van der Waals surface area contributed by atoms with Gasteiger partial charge in [0.15, 0.2) is 11.7 Å². The topological polar surface area (TPSA) is 84.2 Å². The van der Waals surface area contributed by atoms with E-state index in [1.54, 1.807) is 30.5 Å². The van der Waals surface area contributed by atoms with Crippen LogP contribution < -0.4 is 10.6 Å². The van der Waals surface area contributed by atoms with Crippen LogP contribution in [0.25, 0.3) is 11.3 Å². The minimum absolute atomic E-state index is 0.0504. The highest BCUT2D eigenvalue weighted by atomic mass is 16.4. The zero-order valence-electron chi connectivity index (χ0n) is 17.5. The highest BCUT2D eigenvalue weighted by Crippen LogP contribution is 2.21. The minimum atomic E-state index is -0.0713. The molecule has 6 heteroatoms. The van der Waals surface area contributed by atoms with Crippen molar-refractivity contribution in [2.24, 2.45) is 0 Å².